The van der Waals surface area contributed by atoms with Gasteiger partial charge in [-0.2, -0.15) is 5.26 Å². The van der Waals surface area contributed by atoms with Crippen LogP contribution in [0.2, 0.25) is 0 Å². The number of nitrogens with zero attached hydrogens (tertiary/aromatic N) is 4. The highest BCUT2D eigenvalue weighted by Crippen LogP contribution is 2.40. The Kier molecular flexibility index (Phi) is 15.5. The third-order valence-corrected chi connectivity index (χ3v) is 10.1. The largest absolute Gasteiger partial charge is 0.492 e. The Morgan fingerprint density at radius 2 is 1.61 bits per heavy atom. The molecule has 0 fully saturated rings. The Balaban J connectivity index is 1.59. The summed E-state index contributed by atoms with van der Waals surface area (Å²) in [4.78, 5) is 75.5. The van der Waals surface area contributed by atoms with E-state index in [0.29, 0.717) is 39.6 Å². The number of fused-ring (bicyclic) bond motifs is 5. The zero-order chi connectivity index (χ0) is 44.2. The Morgan fingerprint density at radius 3 is 2.25 bits per heavy atom. The molecule has 4 atom stereocenters. The topological polar surface area (TPSA) is 275 Å². The molecule has 1 aliphatic heterocycles. The number of carbonyl (C=O) groups excluding carboxylic acids is 5. The van der Waals surface area contributed by atoms with Gasteiger partial charge in [0.15, 0.2) is 0 Å². The van der Waals surface area contributed by atoms with E-state index in [1.165, 1.54) is 25.1 Å². The molecular weight excluding hydrogens is 783 g/mol. The van der Waals surface area contributed by atoms with Crippen LogP contribution in [-0.4, -0.2) is 109 Å². The van der Waals surface area contributed by atoms with Crippen LogP contribution in [0.1, 0.15) is 46.6 Å². The zero-order valence-corrected chi connectivity index (χ0v) is 34.7. The molecule has 1 aliphatic rings. The second-order valence-corrected chi connectivity index (χ2v) is 14.6. The predicted molar refractivity (Wildman–Crippen MR) is 227 cm³/mol. The van der Waals surface area contributed by atoms with Crippen LogP contribution in [0.15, 0.2) is 66.9 Å². The standard InChI is InChI=1S/C43H53N11O7/c1-25-5-8-28(9-6-25)38-49-24-34(53(38)3)41(57)51-32(13-14-44)43(59)54(4)37-29-10-12-36(61-20-17-47)31(23-29)30-21-27(7-11-35(30)60-19-16-46)22-33(40(56)48-18-15-45)52-39(55)26(2)50-42(37)58/h5-12,21,23-24,26,32-33,37H,13-14,16-20,22,44,46-47H2,1-4H3,(H,48,56)(H,50,58)(H,51,57)(H,52,55)/t26-,32-,33-,37-/m0/s1. The second-order valence-electron chi connectivity index (χ2n) is 14.6. The fourth-order valence-corrected chi connectivity index (χ4v) is 6.95. The maximum absolute atomic E-state index is 14.6. The van der Waals surface area contributed by atoms with Gasteiger partial charge in [0, 0.05) is 50.3 Å². The van der Waals surface area contributed by atoms with E-state index >= 15 is 0 Å². The number of nitrogens with two attached hydrogens (primary N) is 3. The van der Waals surface area contributed by atoms with E-state index in [9.17, 15) is 24.0 Å². The van der Waals surface area contributed by atoms with Crippen molar-refractivity contribution in [2.24, 2.45) is 24.2 Å². The third kappa shape index (κ3) is 10.9. The van der Waals surface area contributed by atoms with Gasteiger partial charge in [-0.3, -0.25) is 24.0 Å². The fourth-order valence-electron chi connectivity index (χ4n) is 6.95. The number of amides is 5. The van der Waals surface area contributed by atoms with E-state index in [-0.39, 0.29) is 57.9 Å². The summed E-state index contributed by atoms with van der Waals surface area (Å²) in [7, 11) is 3.11. The number of ether oxygens (including phenoxy) is 2. The number of benzene rings is 3. The summed E-state index contributed by atoms with van der Waals surface area (Å²) in [5.41, 5.74) is 21.6. The summed E-state index contributed by atoms with van der Waals surface area (Å²) >= 11 is 0. The van der Waals surface area contributed by atoms with Gasteiger partial charge in [-0.1, -0.05) is 42.0 Å². The van der Waals surface area contributed by atoms with E-state index in [4.69, 9.17) is 31.9 Å². The maximum Gasteiger partial charge on any atom is 0.270 e. The van der Waals surface area contributed by atoms with E-state index < -0.39 is 53.7 Å². The summed E-state index contributed by atoms with van der Waals surface area (Å²) in [5, 5.41) is 19.8. The number of nitrogens with one attached hydrogen (secondary N) is 4. The van der Waals surface area contributed by atoms with Gasteiger partial charge in [0.1, 0.15) is 66.9 Å². The van der Waals surface area contributed by atoms with Gasteiger partial charge >= 0.3 is 0 Å². The molecule has 0 saturated carbocycles. The minimum absolute atomic E-state index is 0.00667. The molecule has 5 rings (SSSR count). The first kappa shape index (κ1) is 45.3. The molecule has 1 aromatic heterocycles. The fraction of sp³-hybridized carbons (Fsp3) is 0.372. The molecule has 61 heavy (non-hydrogen) atoms. The van der Waals surface area contributed by atoms with E-state index in [0.717, 1.165) is 11.1 Å². The van der Waals surface area contributed by atoms with Gasteiger partial charge < -0.3 is 57.4 Å². The lowest BCUT2D eigenvalue weighted by Crippen LogP contribution is -2.56. The van der Waals surface area contributed by atoms with E-state index in [2.05, 4.69) is 26.3 Å². The summed E-state index contributed by atoms with van der Waals surface area (Å²) in [5.74, 6) is -1.97. The average Bonchev–Trinajstić information content (AvgIpc) is 3.64. The van der Waals surface area contributed by atoms with Crippen molar-refractivity contribution in [1.29, 1.82) is 5.26 Å². The number of rotatable bonds is 15. The van der Waals surface area contributed by atoms with Gasteiger partial charge in [-0.05, 0) is 62.2 Å². The Hall–Kier alpha value is -6.81. The number of aryl methyl sites for hydroxylation is 1. The van der Waals surface area contributed by atoms with Crippen LogP contribution in [0.5, 0.6) is 11.5 Å². The molecule has 4 aromatic rings. The molecule has 0 saturated heterocycles. The van der Waals surface area contributed by atoms with Crippen molar-refractivity contribution in [3.05, 3.63) is 89.2 Å². The molecule has 5 amide bonds. The number of likely N-dealkylation sites (N-methyl/N-ethyl adjacent to an activating group) is 1. The minimum atomic E-state index is -1.39. The Bertz CT molecular complexity index is 2270. The zero-order valence-electron chi connectivity index (χ0n) is 34.7. The summed E-state index contributed by atoms with van der Waals surface area (Å²) in [6.45, 7) is 3.81. The van der Waals surface area contributed by atoms with Crippen molar-refractivity contribution in [2.75, 3.05) is 46.4 Å². The van der Waals surface area contributed by atoms with Crippen LogP contribution in [0, 0.1) is 18.3 Å². The first-order valence-corrected chi connectivity index (χ1v) is 19.9. The SMILES string of the molecule is Cc1ccc(-c2ncc(C(=O)N[C@@H](CCN)C(=O)N(C)[C@@H]3C(=O)N[C@@H](C)C(=O)N[C@H](C(=O)NCC#N)Cc4ccc(OCCN)c(c4)-c4cc3ccc4OCCN)n2C)cc1. The lowest BCUT2D eigenvalue weighted by Gasteiger charge is -2.32. The summed E-state index contributed by atoms with van der Waals surface area (Å²) in [6.07, 6.45) is 1.45. The van der Waals surface area contributed by atoms with Gasteiger partial charge in [0.2, 0.25) is 23.6 Å². The van der Waals surface area contributed by atoms with Crippen molar-refractivity contribution in [3.8, 4) is 40.1 Å². The van der Waals surface area contributed by atoms with Crippen molar-refractivity contribution in [3.63, 3.8) is 0 Å². The highest BCUT2D eigenvalue weighted by atomic mass is 16.5. The van der Waals surface area contributed by atoms with Gasteiger partial charge in [-0.25, -0.2) is 4.98 Å². The predicted octanol–water partition coefficient (Wildman–Crippen LogP) is 0.570. The van der Waals surface area contributed by atoms with Crippen LogP contribution < -0.4 is 47.9 Å². The second kappa shape index (κ2) is 20.9. The van der Waals surface area contributed by atoms with E-state index in [1.807, 2.05) is 37.3 Å². The lowest BCUT2D eigenvalue weighted by atomic mass is 9.93. The van der Waals surface area contributed by atoms with Crippen LogP contribution in [0.4, 0.5) is 0 Å². The number of aromatic nitrogens is 2. The normalized spacial score (nSPS) is 16.8. The smallest absolute Gasteiger partial charge is 0.270 e. The number of carbonyl (C=O) groups is 5. The van der Waals surface area contributed by atoms with Crippen molar-refractivity contribution in [2.45, 2.75) is 50.9 Å². The van der Waals surface area contributed by atoms with Crippen LogP contribution in [-0.2, 0) is 32.6 Å². The molecule has 18 nitrogen and oxygen atoms in total. The third-order valence-electron chi connectivity index (χ3n) is 10.1. The van der Waals surface area contributed by atoms with Crippen molar-refractivity contribution < 1.29 is 33.4 Å². The Morgan fingerprint density at radius 1 is 0.951 bits per heavy atom. The molecule has 0 unspecified atom stereocenters. The lowest BCUT2D eigenvalue weighted by molar-refractivity contribution is -0.141. The molecule has 10 N–H and O–H groups in total. The Labute approximate surface area is 354 Å². The summed E-state index contributed by atoms with van der Waals surface area (Å²) in [6, 6.07) is 14.8. The first-order chi connectivity index (χ1) is 29.3. The van der Waals surface area contributed by atoms with Crippen LogP contribution >= 0.6 is 0 Å². The van der Waals surface area contributed by atoms with Gasteiger partial charge in [0.25, 0.3) is 5.91 Å². The average molecular weight is 836 g/mol. The molecule has 4 bridgehead atoms. The molecule has 18 heteroatoms. The molecule has 0 spiro atoms. The van der Waals surface area contributed by atoms with Gasteiger partial charge in [0.05, 0.1) is 12.3 Å². The first-order valence-electron chi connectivity index (χ1n) is 19.9. The highest BCUT2D eigenvalue weighted by Gasteiger charge is 2.36. The van der Waals surface area contributed by atoms with Crippen molar-refractivity contribution in [1.82, 2.24) is 35.7 Å². The van der Waals surface area contributed by atoms with Crippen molar-refractivity contribution >= 4 is 29.5 Å². The molecular formula is C43H53N11O7. The quantitative estimate of drug-likeness (QED) is 0.0811. The number of hydrogen-bond acceptors (Lipinski definition) is 12. The van der Waals surface area contributed by atoms with Gasteiger partial charge in [-0.15, -0.1) is 0 Å². The number of imidazole rings is 1. The van der Waals surface area contributed by atoms with Crippen LogP contribution in [0.3, 0.4) is 0 Å². The summed E-state index contributed by atoms with van der Waals surface area (Å²) < 4.78 is 13.8. The highest BCUT2D eigenvalue weighted by molar-refractivity contribution is 5.99. The maximum atomic E-state index is 14.6. The molecule has 322 valence electrons. The minimum Gasteiger partial charge on any atom is -0.492 e. The van der Waals surface area contributed by atoms with Crippen LogP contribution in [0.25, 0.3) is 22.5 Å². The molecule has 0 radical (unpaired) electrons. The molecule has 2 heterocycles. The van der Waals surface area contributed by atoms with E-state index in [1.54, 1.807) is 48.0 Å². The molecule has 3 aromatic carbocycles. The number of hydrogen-bond donors (Lipinski definition) is 7. The molecule has 0 aliphatic carbocycles. The monoisotopic (exact) mass is 835 g/mol. The number of nitriles is 1.